The van der Waals surface area contributed by atoms with Crippen LogP contribution in [-0.4, -0.2) is 18.3 Å². The second-order valence-electron chi connectivity index (χ2n) is 27.5. The number of para-hydroxylation sites is 4. The molecule has 0 fully saturated rings. The Balaban J connectivity index is 0.000000134. The lowest BCUT2D eigenvalue weighted by molar-refractivity contribution is 1.18. The molecule has 4 nitrogen and oxygen atoms in total. The van der Waals surface area contributed by atoms with Gasteiger partial charge in [0.2, 0.25) is 0 Å². The van der Waals surface area contributed by atoms with Crippen LogP contribution in [-0.2, 0) is 0 Å². The van der Waals surface area contributed by atoms with Crippen molar-refractivity contribution in [3.8, 4) is 67.3 Å². The molecule has 104 heavy (non-hydrogen) atoms. The van der Waals surface area contributed by atoms with E-state index in [1.54, 1.807) is 0 Å². The standard InChI is InChI=1S/2C50H32N2/c1-2-13-33(14-3-1)34-16-12-17-38(29-34)51-46-23-10-8-21-42(46)44-30-35(25-27-48(44)51)36-26-28-49-45(31-36)43-22-9-11-24-47(43)52(49)50-32-37-15-4-5-18-39(37)40-19-6-7-20-41(40)50;1-2-12-33(13-3-1)34-22-26-38(27-23-34)51-46-20-10-8-18-42(46)44-30-35(24-28-48(44)51)36-25-29-49-45(31-36)43-19-9-11-21-47(43)52(49)50-32-37-14-4-5-15-39(37)40-16-6-7-17-41(40)50/h2*1-32H. The van der Waals surface area contributed by atoms with Gasteiger partial charge in [0.1, 0.15) is 0 Å². The van der Waals surface area contributed by atoms with Crippen LogP contribution in [0, 0.1) is 0 Å². The molecule has 0 atom stereocenters. The maximum Gasteiger partial charge on any atom is 0.0546 e. The summed E-state index contributed by atoms with van der Waals surface area (Å²) in [4.78, 5) is 0. The van der Waals surface area contributed by atoms with E-state index in [1.807, 2.05) is 0 Å². The summed E-state index contributed by atoms with van der Waals surface area (Å²) >= 11 is 0. The van der Waals surface area contributed by atoms with Crippen molar-refractivity contribution in [2.75, 3.05) is 0 Å². The third-order valence-electron chi connectivity index (χ3n) is 21.8. The lowest BCUT2D eigenvalue weighted by Crippen LogP contribution is -1.96. The Kier molecular flexibility index (Phi) is 13.6. The van der Waals surface area contributed by atoms with Crippen LogP contribution >= 0.6 is 0 Å². The van der Waals surface area contributed by atoms with Crippen LogP contribution in [0.3, 0.4) is 0 Å². The highest BCUT2D eigenvalue weighted by Gasteiger charge is 2.22. The van der Waals surface area contributed by atoms with Gasteiger partial charge in [0, 0.05) is 65.2 Å². The average Bonchev–Trinajstić information content (AvgIpc) is 1.61. The molecule has 484 valence electrons. The van der Waals surface area contributed by atoms with Crippen LogP contribution in [0.15, 0.2) is 388 Å². The van der Waals surface area contributed by atoms with Crippen molar-refractivity contribution in [1.29, 1.82) is 0 Å². The first-order valence-electron chi connectivity index (χ1n) is 35.9. The Hall–Kier alpha value is -13.8. The first kappa shape index (κ1) is 59.1. The molecule has 0 amide bonds. The maximum absolute atomic E-state index is 2.46. The molecule has 0 aliphatic carbocycles. The number of benzene rings is 18. The van der Waals surface area contributed by atoms with Crippen molar-refractivity contribution in [3.05, 3.63) is 388 Å². The van der Waals surface area contributed by atoms with E-state index in [1.165, 1.54) is 186 Å². The highest BCUT2D eigenvalue weighted by molar-refractivity contribution is 6.19. The van der Waals surface area contributed by atoms with E-state index in [2.05, 4.69) is 407 Å². The fourth-order valence-corrected chi connectivity index (χ4v) is 17.0. The first-order chi connectivity index (χ1) is 51.6. The molecule has 22 aromatic rings. The number of fused-ring (bicyclic) bond motifs is 18. The van der Waals surface area contributed by atoms with Crippen molar-refractivity contribution in [2.45, 2.75) is 0 Å². The first-order valence-corrected chi connectivity index (χ1v) is 35.9. The zero-order valence-electron chi connectivity index (χ0n) is 56.7. The van der Waals surface area contributed by atoms with Crippen molar-refractivity contribution in [2.24, 2.45) is 0 Å². The van der Waals surface area contributed by atoms with Gasteiger partial charge in [0.05, 0.1) is 55.5 Å². The number of hydrogen-bond acceptors (Lipinski definition) is 0. The van der Waals surface area contributed by atoms with Gasteiger partial charge in [0.15, 0.2) is 0 Å². The van der Waals surface area contributed by atoms with Gasteiger partial charge < -0.3 is 18.3 Å². The zero-order valence-corrected chi connectivity index (χ0v) is 56.7. The van der Waals surface area contributed by atoms with Crippen LogP contribution in [0.25, 0.3) is 198 Å². The molecule has 0 unspecified atom stereocenters. The Bertz CT molecular complexity index is 7210. The zero-order chi connectivity index (χ0) is 68.3. The summed E-state index contributed by atoms with van der Waals surface area (Å²) in [5, 5.41) is 20.2. The second-order valence-corrected chi connectivity index (χ2v) is 27.5. The monoisotopic (exact) mass is 1320 g/mol. The number of aromatic nitrogens is 4. The van der Waals surface area contributed by atoms with Gasteiger partial charge in [0.25, 0.3) is 0 Å². The quantitative estimate of drug-likeness (QED) is 0.135. The van der Waals surface area contributed by atoms with Gasteiger partial charge >= 0.3 is 0 Å². The van der Waals surface area contributed by atoms with E-state index in [0.29, 0.717) is 0 Å². The van der Waals surface area contributed by atoms with Crippen LogP contribution in [0.4, 0.5) is 0 Å². The van der Waals surface area contributed by atoms with Gasteiger partial charge in [-0.3, -0.25) is 0 Å². The van der Waals surface area contributed by atoms with Crippen molar-refractivity contribution in [3.63, 3.8) is 0 Å². The Morgan fingerprint density at radius 1 is 0.125 bits per heavy atom. The van der Waals surface area contributed by atoms with Crippen molar-refractivity contribution in [1.82, 2.24) is 18.3 Å². The summed E-state index contributed by atoms with van der Waals surface area (Å²) in [7, 11) is 0. The van der Waals surface area contributed by atoms with E-state index < -0.39 is 0 Å². The van der Waals surface area contributed by atoms with E-state index in [-0.39, 0.29) is 0 Å². The van der Waals surface area contributed by atoms with E-state index in [9.17, 15) is 0 Å². The van der Waals surface area contributed by atoms with Crippen LogP contribution < -0.4 is 0 Å². The Morgan fingerprint density at radius 2 is 0.394 bits per heavy atom. The molecule has 0 saturated carbocycles. The fraction of sp³-hybridized carbons (Fsp3) is 0. The fourth-order valence-electron chi connectivity index (χ4n) is 17.0. The maximum atomic E-state index is 2.46. The van der Waals surface area contributed by atoms with Crippen molar-refractivity contribution < 1.29 is 0 Å². The van der Waals surface area contributed by atoms with E-state index >= 15 is 0 Å². The Morgan fingerprint density at radius 3 is 0.808 bits per heavy atom. The third-order valence-corrected chi connectivity index (χ3v) is 21.8. The predicted molar refractivity (Wildman–Crippen MR) is 442 cm³/mol. The summed E-state index contributed by atoms with van der Waals surface area (Å²) < 4.78 is 9.73. The molecule has 0 N–H and O–H groups in total. The molecule has 22 rings (SSSR count). The number of hydrogen-bond donors (Lipinski definition) is 0. The summed E-state index contributed by atoms with van der Waals surface area (Å²) in [5.74, 6) is 0. The predicted octanol–water partition coefficient (Wildman–Crippen LogP) is 27.0. The third kappa shape index (κ3) is 9.46. The van der Waals surface area contributed by atoms with Gasteiger partial charge in [-0.25, -0.2) is 0 Å². The molecule has 18 aromatic carbocycles. The molecule has 0 radical (unpaired) electrons. The van der Waals surface area contributed by atoms with Gasteiger partial charge in [-0.1, -0.05) is 279 Å². The molecule has 4 heterocycles. The van der Waals surface area contributed by atoms with Crippen LogP contribution in [0.2, 0.25) is 0 Å². The molecule has 0 saturated heterocycles. The smallest absolute Gasteiger partial charge is 0.0546 e. The Labute approximate surface area is 600 Å². The topological polar surface area (TPSA) is 19.7 Å². The van der Waals surface area contributed by atoms with E-state index in [4.69, 9.17) is 0 Å². The van der Waals surface area contributed by atoms with Gasteiger partial charge in [-0.05, 0) is 186 Å². The van der Waals surface area contributed by atoms with Gasteiger partial charge in [-0.15, -0.1) is 0 Å². The minimum absolute atomic E-state index is 1.16. The molecule has 0 bridgehead atoms. The molecule has 4 heteroatoms. The summed E-state index contributed by atoms with van der Waals surface area (Å²) in [5.41, 5.74) is 24.1. The van der Waals surface area contributed by atoms with Gasteiger partial charge in [-0.2, -0.15) is 0 Å². The lowest BCUT2D eigenvalue weighted by Gasteiger charge is -2.14. The second kappa shape index (κ2) is 24.0. The minimum atomic E-state index is 1.16. The largest absolute Gasteiger partial charge is 0.309 e. The molecule has 0 aliphatic rings. The van der Waals surface area contributed by atoms with Crippen LogP contribution in [0.1, 0.15) is 0 Å². The molecule has 0 spiro atoms. The average molecular weight is 1320 g/mol. The lowest BCUT2D eigenvalue weighted by atomic mass is 9.99. The normalized spacial score (nSPS) is 11.8. The SMILES string of the molecule is c1ccc(-c2ccc(-n3c4ccccc4c4cc(-c5ccc6c(c5)c5ccccc5n6-c5cc6ccccc6c6ccccc56)ccc43)cc2)cc1.c1ccc(-c2cccc(-n3c4ccccc4c4cc(-c5ccc6c(c5)c5ccccc5n6-c5cc6ccccc6c6ccccc56)ccc43)c2)cc1. The van der Waals surface area contributed by atoms with Crippen LogP contribution in [0.5, 0.6) is 0 Å². The summed E-state index contributed by atoms with van der Waals surface area (Å²) in [6.45, 7) is 0. The highest BCUT2D eigenvalue weighted by atomic mass is 15.0. The summed E-state index contributed by atoms with van der Waals surface area (Å²) in [6.07, 6.45) is 0. The summed E-state index contributed by atoms with van der Waals surface area (Å²) in [6, 6.07) is 142. The van der Waals surface area contributed by atoms with Crippen molar-refractivity contribution >= 4 is 130 Å². The minimum Gasteiger partial charge on any atom is -0.309 e. The van der Waals surface area contributed by atoms with E-state index in [0.717, 1.165) is 11.4 Å². The number of rotatable bonds is 8. The molecule has 4 aromatic heterocycles. The molecular formula is C100H64N4. The highest BCUT2D eigenvalue weighted by Crippen LogP contribution is 2.44. The molecular weight excluding hydrogens is 1260 g/mol. The number of nitrogens with zero attached hydrogens (tertiary/aromatic N) is 4. The molecule has 0 aliphatic heterocycles.